The Morgan fingerprint density at radius 3 is 1.93 bits per heavy atom. The maximum absolute atomic E-state index is 11.3. The summed E-state index contributed by atoms with van der Waals surface area (Å²) in [5.74, 6) is -0.233. The number of carbonyl (C=O) groups excluding carboxylic acids is 1. The largest absolute Gasteiger partial charge is 0.564 e. The number of rotatable bonds is 7. The molecule has 0 bridgehead atoms. The average Bonchev–Trinajstić information content (AvgIpc) is 2.04. The van der Waals surface area contributed by atoms with E-state index in [4.69, 9.17) is 13.3 Å². The van der Waals surface area contributed by atoms with E-state index in [1.54, 1.807) is 6.55 Å². The van der Waals surface area contributed by atoms with E-state index in [9.17, 15) is 4.79 Å². The summed E-state index contributed by atoms with van der Waals surface area (Å²) < 4.78 is 15.9. The van der Waals surface area contributed by atoms with Crippen LogP contribution in [0.5, 0.6) is 0 Å². The van der Waals surface area contributed by atoms with Crippen molar-refractivity contribution in [1.82, 2.24) is 0 Å². The number of hydrogen-bond donors (Lipinski definition) is 0. The summed E-state index contributed by atoms with van der Waals surface area (Å²) in [6.45, 7) is 8.40. The maximum atomic E-state index is 11.3. The summed E-state index contributed by atoms with van der Waals surface area (Å²) in [5, 5.41) is 0. The van der Waals surface area contributed by atoms with Gasteiger partial charge >= 0.3 is 8.80 Å². The fraction of sp³-hybridized carbons (Fsp3) is 0.889. The second-order valence-corrected chi connectivity index (χ2v) is 5.46. The van der Waals surface area contributed by atoms with Crippen molar-refractivity contribution in [2.24, 2.45) is 0 Å². The van der Waals surface area contributed by atoms with Crippen molar-refractivity contribution < 1.29 is 18.1 Å². The molecule has 85 valence electrons. The zero-order valence-electron chi connectivity index (χ0n) is 10.5. The normalized spacial score (nSPS) is 10.7. The fourth-order valence-corrected chi connectivity index (χ4v) is 2.85. The third-order valence-corrected chi connectivity index (χ3v) is 3.79. The second kappa shape index (κ2) is 10.4. The van der Waals surface area contributed by atoms with Gasteiger partial charge < -0.3 is 13.3 Å². The van der Waals surface area contributed by atoms with Crippen LogP contribution < -0.4 is 0 Å². The average molecular weight is 259 g/mol. The van der Waals surface area contributed by atoms with E-state index in [-0.39, 0.29) is 57.4 Å². The molecule has 0 heterocycles. The third kappa shape index (κ3) is 8.99. The minimum absolute atomic E-state index is 0. The first-order valence-corrected chi connectivity index (χ1v) is 7.30. The van der Waals surface area contributed by atoms with E-state index < -0.39 is 8.80 Å². The predicted octanol–water partition coefficient (Wildman–Crippen LogP) is 1.59. The Bertz CT molecular complexity index is 171. The minimum atomic E-state index is -2.70. The smallest absolute Gasteiger partial charge is 0.473 e. The van der Waals surface area contributed by atoms with Gasteiger partial charge in [0.2, 0.25) is 0 Å². The molecule has 0 aliphatic rings. The molecule has 0 rings (SSSR count). The quantitative estimate of drug-likeness (QED) is 0.651. The standard InChI is InChI=1S/C9H20O4Si.K/c1-5-8-9(10)13-14(4,11-6-2)12-7-3;/h5-8H2,1-4H3;. The van der Waals surface area contributed by atoms with Gasteiger partial charge in [-0.2, -0.15) is 0 Å². The van der Waals surface area contributed by atoms with Crippen molar-refractivity contribution in [2.75, 3.05) is 13.2 Å². The van der Waals surface area contributed by atoms with Crippen LogP contribution in [0.25, 0.3) is 0 Å². The monoisotopic (exact) mass is 259 g/mol. The number of hydrogen-bond acceptors (Lipinski definition) is 4. The molecule has 0 saturated heterocycles. The number of carbonyl (C=O) groups is 1. The zero-order chi connectivity index (χ0) is 11.0. The van der Waals surface area contributed by atoms with Gasteiger partial charge in [-0.05, 0) is 20.3 Å². The van der Waals surface area contributed by atoms with E-state index in [0.717, 1.165) is 6.42 Å². The van der Waals surface area contributed by atoms with Gasteiger partial charge in [-0.25, -0.2) is 0 Å². The Balaban J connectivity index is 0. The first-order valence-electron chi connectivity index (χ1n) is 5.07. The molecule has 0 aliphatic carbocycles. The molecule has 1 radical (unpaired) electrons. The van der Waals surface area contributed by atoms with E-state index in [1.165, 1.54) is 0 Å². The van der Waals surface area contributed by atoms with Crippen molar-refractivity contribution in [3.63, 3.8) is 0 Å². The van der Waals surface area contributed by atoms with Crippen molar-refractivity contribution in [2.45, 2.75) is 40.2 Å². The van der Waals surface area contributed by atoms with Crippen LogP contribution in [-0.4, -0.2) is 79.4 Å². The third-order valence-electron chi connectivity index (χ3n) is 1.57. The molecule has 4 nitrogen and oxygen atoms in total. The molecule has 0 aromatic heterocycles. The van der Waals surface area contributed by atoms with Crippen LogP contribution in [0.2, 0.25) is 6.55 Å². The minimum Gasteiger partial charge on any atom is -0.473 e. The Morgan fingerprint density at radius 1 is 1.13 bits per heavy atom. The fourth-order valence-electron chi connectivity index (χ4n) is 1.09. The van der Waals surface area contributed by atoms with Crippen molar-refractivity contribution in [3.05, 3.63) is 0 Å². The van der Waals surface area contributed by atoms with Crippen LogP contribution in [-0.2, 0) is 18.1 Å². The van der Waals surface area contributed by atoms with Gasteiger partial charge in [0.05, 0.1) is 0 Å². The molecular formula is C9H20KO4Si. The van der Waals surface area contributed by atoms with Crippen LogP contribution >= 0.6 is 0 Å². The van der Waals surface area contributed by atoms with Crippen LogP contribution in [0.15, 0.2) is 0 Å². The summed E-state index contributed by atoms with van der Waals surface area (Å²) in [6, 6.07) is 0. The van der Waals surface area contributed by atoms with Gasteiger partial charge in [-0.3, -0.25) is 4.79 Å². The van der Waals surface area contributed by atoms with E-state index in [2.05, 4.69) is 0 Å². The molecule has 15 heavy (non-hydrogen) atoms. The molecule has 0 saturated carbocycles. The van der Waals surface area contributed by atoms with Gasteiger partial charge in [0.15, 0.2) is 0 Å². The molecule has 0 aromatic carbocycles. The van der Waals surface area contributed by atoms with Crippen LogP contribution in [0, 0.1) is 0 Å². The van der Waals surface area contributed by atoms with Crippen LogP contribution in [0.1, 0.15) is 33.6 Å². The van der Waals surface area contributed by atoms with Gasteiger partial charge in [0.25, 0.3) is 5.97 Å². The molecule has 0 N–H and O–H groups in total. The molecule has 0 amide bonds. The first-order chi connectivity index (χ1) is 6.58. The molecule has 0 fully saturated rings. The molecule has 6 heteroatoms. The topological polar surface area (TPSA) is 44.8 Å². The van der Waals surface area contributed by atoms with Gasteiger partial charge in [-0.1, -0.05) is 6.92 Å². The maximum Gasteiger partial charge on any atom is 0.564 e. The van der Waals surface area contributed by atoms with E-state index in [1.807, 2.05) is 20.8 Å². The van der Waals surface area contributed by atoms with Gasteiger partial charge in [-0.15, -0.1) is 0 Å². The van der Waals surface area contributed by atoms with Gasteiger partial charge in [0.1, 0.15) is 0 Å². The molecule has 0 aliphatic heterocycles. The zero-order valence-corrected chi connectivity index (χ0v) is 14.6. The predicted molar refractivity (Wildman–Crippen MR) is 61.6 cm³/mol. The van der Waals surface area contributed by atoms with Crippen molar-refractivity contribution in [1.29, 1.82) is 0 Å². The summed E-state index contributed by atoms with van der Waals surface area (Å²) in [7, 11) is -2.70. The molecule has 0 spiro atoms. The van der Waals surface area contributed by atoms with E-state index in [0.29, 0.717) is 19.6 Å². The summed E-state index contributed by atoms with van der Waals surface area (Å²) >= 11 is 0. The molecule has 0 unspecified atom stereocenters. The Labute approximate surface area is 136 Å². The SMILES string of the molecule is CCCC(=O)O[Si](C)(OCC)OCC.[K]. The van der Waals surface area contributed by atoms with Crippen LogP contribution in [0.3, 0.4) is 0 Å². The summed E-state index contributed by atoms with van der Waals surface area (Å²) in [5.41, 5.74) is 0. The second-order valence-electron chi connectivity index (χ2n) is 2.95. The summed E-state index contributed by atoms with van der Waals surface area (Å²) in [6.07, 6.45) is 1.20. The Kier molecular flexibility index (Phi) is 12.9. The van der Waals surface area contributed by atoms with Crippen molar-refractivity contribution >= 4 is 66.2 Å². The summed E-state index contributed by atoms with van der Waals surface area (Å²) in [4.78, 5) is 11.3. The molecule has 0 aromatic rings. The van der Waals surface area contributed by atoms with E-state index >= 15 is 0 Å². The van der Waals surface area contributed by atoms with Crippen LogP contribution in [0.4, 0.5) is 0 Å². The van der Waals surface area contributed by atoms with Gasteiger partial charge in [0, 0.05) is 77.6 Å². The molecular weight excluding hydrogens is 239 g/mol. The first kappa shape index (κ1) is 18.6. The Hall–Kier alpha value is 1.24. The Morgan fingerprint density at radius 2 is 1.60 bits per heavy atom. The molecule has 0 atom stereocenters. The van der Waals surface area contributed by atoms with Crippen molar-refractivity contribution in [3.8, 4) is 0 Å².